The van der Waals surface area contributed by atoms with E-state index >= 15 is 0 Å². The second kappa shape index (κ2) is 7.91. The number of hydrogen-bond acceptors (Lipinski definition) is 2. The van der Waals surface area contributed by atoms with Gasteiger partial charge < -0.3 is 10.1 Å². The van der Waals surface area contributed by atoms with Crippen LogP contribution in [-0.2, 0) is 6.54 Å². The molecule has 0 aliphatic carbocycles. The van der Waals surface area contributed by atoms with Crippen LogP contribution in [0.5, 0.6) is 5.75 Å². The number of halogens is 2. The van der Waals surface area contributed by atoms with E-state index in [2.05, 4.69) is 64.6 Å². The van der Waals surface area contributed by atoms with Crippen LogP contribution in [0.15, 0.2) is 59.1 Å². The first-order chi connectivity index (χ1) is 11.7. The fourth-order valence-corrected chi connectivity index (χ4v) is 3.07. The van der Waals surface area contributed by atoms with Crippen LogP contribution in [0, 0.1) is 0 Å². The van der Waals surface area contributed by atoms with Gasteiger partial charge in [-0.15, -0.1) is 0 Å². The largest absolute Gasteiger partial charge is 0.493 e. The predicted molar refractivity (Wildman–Crippen MR) is 106 cm³/mol. The number of nitrogens with one attached hydrogen (secondary N) is 1. The summed E-state index contributed by atoms with van der Waals surface area (Å²) in [5.41, 5.74) is 2.15. The molecular weight excluding hydrogens is 386 g/mol. The van der Waals surface area contributed by atoms with Gasteiger partial charge in [0.2, 0.25) is 0 Å². The molecule has 0 aliphatic heterocycles. The molecule has 24 heavy (non-hydrogen) atoms. The maximum Gasteiger partial charge on any atom is 0.124 e. The Morgan fingerprint density at radius 2 is 1.92 bits per heavy atom. The van der Waals surface area contributed by atoms with Crippen molar-refractivity contribution in [3.05, 3.63) is 69.7 Å². The van der Waals surface area contributed by atoms with Crippen molar-refractivity contribution in [3.8, 4) is 5.75 Å². The molecule has 1 N–H and O–H groups in total. The lowest BCUT2D eigenvalue weighted by atomic mass is 10.0. The third-order valence-electron chi connectivity index (χ3n) is 3.85. The standard InChI is InChI=1S/C20H19BrClNO/c1-2-11-24-20-10-7-14-5-3-4-6-16(14)17(20)13-23-15-8-9-18(21)19(22)12-15/h3-10,12,23H,2,11,13H2,1H3. The maximum atomic E-state index is 6.18. The van der Waals surface area contributed by atoms with Crippen LogP contribution < -0.4 is 10.1 Å². The van der Waals surface area contributed by atoms with Crippen molar-refractivity contribution in [1.82, 2.24) is 0 Å². The van der Waals surface area contributed by atoms with E-state index < -0.39 is 0 Å². The van der Waals surface area contributed by atoms with Crippen molar-refractivity contribution in [1.29, 1.82) is 0 Å². The third kappa shape index (κ3) is 3.85. The summed E-state index contributed by atoms with van der Waals surface area (Å²) in [6, 6.07) is 18.4. The van der Waals surface area contributed by atoms with Crippen molar-refractivity contribution in [2.24, 2.45) is 0 Å². The van der Waals surface area contributed by atoms with Gasteiger partial charge in [-0.25, -0.2) is 0 Å². The normalized spacial score (nSPS) is 10.8. The van der Waals surface area contributed by atoms with Gasteiger partial charge in [0.25, 0.3) is 0 Å². The van der Waals surface area contributed by atoms with Crippen LogP contribution in [0.1, 0.15) is 18.9 Å². The zero-order valence-electron chi connectivity index (χ0n) is 13.5. The summed E-state index contributed by atoms with van der Waals surface area (Å²) in [5, 5.41) is 6.57. The highest BCUT2D eigenvalue weighted by Gasteiger charge is 2.09. The van der Waals surface area contributed by atoms with Crippen molar-refractivity contribution in [2.45, 2.75) is 19.9 Å². The summed E-state index contributed by atoms with van der Waals surface area (Å²) in [4.78, 5) is 0. The number of benzene rings is 3. The fourth-order valence-electron chi connectivity index (χ4n) is 2.64. The van der Waals surface area contributed by atoms with E-state index in [0.29, 0.717) is 11.6 Å². The highest BCUT2D eigenvalue weighted by Crippen LogP contribution is 2.30. The second-order valence-corrected chi connectivity index (χ2v) is 6.86. The molecule has 3 aromatic carbocycles. The Kier molecular flexibility index (Phi) is 5.64. The average Bonchev–Trinajstić information content (AvgIpc) is 2.61. The molecule has 0 saturated heterocycles. The van der Waals surface area contributed by atoms with Gasteiger partial charge in [-0.3, -0.25) is 0 Å². The number of hydrogen-bond donors (Lipinski definition) is 1. The van der Waals surface area contributed by atoms with E-state index in [9.17, 15) is 0 Å². The lowest BCUT2D eigenvalue weighted by Gasteiger charge is -2.15. The number of fused-ring (bicyclic) bond motifs is 1. The van der Waals surface area contributed by atoms with Gasteiger partial charge in [-0.1, -0.05) is 48.9 Å². The Hall–Kier alpha value is -1.71. The first kappa shape index (κ1) is 17.1. The molecule has 0 unspecified atom stereocenters. The van der Waals surface area contributed by atoms with Gasteiger partial charge in [0.1, 0.15) is 5.75 Å². The minimum atomic E-state index is 0.679. The Morgan fingerprint density at radius 3 is 2.71 bits per heavy atom. The van der Waals surface area contributed by atoms with Gasteiger partial charge in [-0.2, -0.15) is 0 Å². The van der Waals surface area contributed by atoms with Crippen LogP contribution in [0.4, 0.5) is 5.69 Å². The molecule has 3 rings (SSSR count). The quantitative estimate of drug-likeness (QED) is 0.496. The lowest BCUT2D eigenvalue weighted by Crippen LogP contribution is -2.05. The summed E-state index contributed by atoms with van der Waals surface area (Å²) >= 11 is 9.60. The van der Waals surface area contributed by atoms with Gasteiger partial charge in [0, 0.05) is 22.3 Å². The molecule has 4 heteroatoms. The molecule has 0 radical (unpaired) electrons. The SMILES string of the molecule is CCCOc1ccc2ccccc2c1CNc1ccc(Br)c(Cl)c1. The molecule has 0 saturated carbocycles. The molecule has 0 atom stereocenters. The Labute approximate surface area is 155 Å². The Balaban J connectivity index is 1.91. The lowest BCUT2D eigenvalue weighted by molar-refractivity contribution is 0.315. The third-order valence-corrected chi connectivity index (χ3v) is 5.08. The predicted octanol–water partition coefficient (Wildman–Crippen LogP) is 6.66. The van der Waals surface area contributed by atoms with Crippen LogP contribution >= 0.6 is 27.5 Å². The zero-order chi connectivity index (χ0) is 16.9. The van der Waals surface area contributed by atoms with Gasteiger partial charge >= 0.3 is 0 Å². The van der Waals surface area contributed by atoms with Crippen LogP contribution in [0.2, 0.25) is 5.02 Å². The van der Waals surface area contributed by atoms with Gasteiger partial charge in [0.15, 0.2) is 0 Å². The molecule has 0 heterocycles. The molecule has 2 nitrogen and oxygen atoms in total. The molecule has 0 fully saturated rings. The minimum absolute atomic E-state index is 0.679. The van der Waals surface area contributed by atoms with E-state index in [1.807, 2.05) is 18.2 Å². The molecule has 3 aromatic rings. The summed E-state index contributed by atoms with van der Waals surface area (Å²) in [6.07, 6.45) is 0.988. The van der Waals surface area contributed by atoms with E-state index in [-0.39, 0.29) is 0 Å². The molecule has 124 valence electrons. The van der Waals surface area contributed by atoms with Crippen LogP contribution in [0.25, 0.3) is 10.8 Å². The average molecular weight is 405 g/mol. The van der Waals surface area contributed by atoms with Crippen molar-refractivity contribution < 1.29 is 4.74 Å². The van der Waals surface area contributed by atoms with Crippen molar-refractivity contribution in [3.63, 3.8) is 0 Å². The van der Waals surface area contributed by atoms with E-state index in [1.54, 1.807) is 0 Å². The van der Waals surface area contributed by atoms with Crippen LogP contribution in [0.3, 0.4) is 0 Å². The molecule has 0 aromatic heterocycles. The number of ether oxygens (including phenoxy) is 1. The summed E-state index contributed by atoms with van der Waals surface area (Å²) in [5.74, 6) is 0.936. The van der Waals surface area contributed by atoms with Gasteiger partial charge in [0.05, 0.1) is 11.6 Å². The zero-order valence-corrected chi connectivity index (χ0v) is 15.8. The number of rotatable bonds is 6. The highest BCUT2D eigenvalue weighted by atomic mass is 79.9. The van der Waals surface area contributed by atoms with E-state index in [1.165, 1.54) is 16.3 Å². The second-order valence-electron chi connectivity index (χ2n) is 5.59. The molecular formula is C20H19BrClNO. The van der Waals surface area contributed by atoms with E-state index in [4.69, 9.17) is 16.3 Å². The topological polar surface area (TPSA) is 21.3 Å². The van der Waals surface area contributed by atoms with Crippen LogP contribution in [-0.4, -0.2) is 6.61 Å². The monoisotopic (exact) mass is 403 g/mol. The van der Waals surface area contributed by atoms with Gasteiger partial charge in [-0.05, 0) is 57.4 Å². The fraction of sp³-hybridized carbons (Fsp3) is 0.200. The first-order valence-electron chi connectivity index (χ1n) is 8.01. The first-order valence-corrected chi connectivity index (χ1v) is 9.18. The minimum Gasteiger partial charge on any atom is -0.493 e. The molecule has 0 amide bonds. The van der Waals surface area contributed by atoms with Crippen molar-refractivity contribution in [2.75, 3.05) is 11.9 Å². The maximum absolute atomic E-state index is 6.18. The molecule has 0 bridgehead atoms. The Morgan fingerprint density at radius 1 is 1.08 bits per heavy atom. The molecule has 0 spiro atoms. The smallest absolute Gasteiger partial charge is 0.124 e. The summed E-state index contributed by atoms with van der Waals surface area (Å²) in [6.45, 7) is 3.51. The summed E-state index contributed by atoms with van der Waals surface area (Å²) in [7, 11) is 0. The van der Waals surface area contributed by atoms with E-state index in [0.717, 1.165) is 28.9 Å². The van der Waals surface area contributed by atoms with Crippen molar-refractivity contribution >= 4 is 44.0 Å². The highest BCUT2D eigenvalue weighted by molar-refractivity contribution is 9.10. The number of anilines is 1. The Bertz CT molecular complexity index is 850. The molecule has 0 aliphatic rings. The summed E-state index contributed by atoms with van der Waals surface area (Å²) < 4.78 is 6.85.